The van der Waals surface area contributed by atoms with Gasteiger partial charge in [0.1, 0.15) is 0 Å². The quantitative estimate of drug-likeness (QED) is 0.833. The maximum absolute atomic E-state index is 11.7. The molecule has 0 saturated carbocycles. The second-order valence-corrected chi connectivity index (χ2v) is 5.49. The smallest absolute Gasteiger partial charge is 0.230 e. The van der Waals surface area contributed by atoms with Crippen LogP contribution in [0.25, 0.3) is 0 Å². The van der Waals surface area contributed by atoms with Crippen LogP contribution in [0.15, 0.2) is 47.6 Å². The number of anilines is 1. The van der Waals surface area contributed by atoms with Crippen molar-refractivity contribution in [1.82, 2.24) is 10.3 Å². The van der Waals surface area contributed by atoms with Gasteiger partial charge in [-0.15, -0.1) is 0 Å². The Morgan fingerprint density at radius 3 is 2.80 bits per heavy atom. The van der Waals surface area contributed by atoms with Gasteiger partial charge < -0.3 is 11.1 Å². The van der Waals surface area contributed by atoms with Crippen molar-refractivity contribution in [2.75, 3.05) is 11.5 Å². The third kappa shape index (κ3) is 4.43. The highest BCUT2D eigenvalue weighted by Gasteiger charge is 2.05. The first-order valence-electron chi connectivity index (χ1n) is 5.99. The standard InChI is InChI=1S/C14H14ClN3OS/c15-12-4-2-1-3-10(12)7-17-13(19)9-20-14-6-5-11(16)8-18-14/h1-6,8H,7,9,16H2,(H,17,19). The van der Waals surface area contributed by atoms with E-state index in [4.69, 9.17) is 17.3 Å². The summed E-state index contributed by atoms with van der Waals surface area (Å²) < 4.78 is 0. The van der Waals surface area contributed by atoms with Crippen molar-refractivity contribution in [2.45, 2.75) is 11.6 Å². The molecule has 0 aliphatic carbocycles. The number of nitrogens with two attached hydrogens (primary N) is 1. The molecule has 0 atom stereocenters. The van der Waals surface area contributed by atoms with E-state index in [1.165, 1.54) is 11.8 Å². The second-order valence-electron chi connectivity index (χ2n) is 4.09. The van der Waals surface area contributed by atoms with Crippen LogP contribution in [-0.2, 0) is 11.3 Å². The van der Waals surface area contributed by atoms with E-state index < -0.39 is 0 Å². The van der Waals surface area contributed by atoms with Crippen LogP contribution in [0, 0.1) is 0 Å². The maximum atomic E-state index is 11.7. The number of carbonyl (C=O) groups is 1. The van der Waals surface area contributed by atoms with Gasteiger partial charge in [-0.1, -0.05) is 41.6 Å². The summed E-state index contributed by atoms with van der Waals surface area (Å²) in [7, 11) is 0. The van der Waals surface area contributed by atoms with Gasteiger partial charge in [0.25, 0.3) is 0 Å². The minimum Gasteiger partial charge on any atom is -0.397 e. The Labute approximate surface area is 126 Å². The molecule has 1 aromatic heterocycles. The van der Waals surface area contributed by atoms with Gasteiger partial charge in [0, 0.05) is 11.6 Å². The average Bonchev–Trinajstić information content (AvgIpc) is 2.46. The predicted molar refractivity (Wildman–Crippen MR) is 82.7 cm³/mol. The van der Waals surface area contributed by atoms with Crippen LogP contribution in [0.1, 0.15) is 5.56 Å². The average molecular weight is 308 g/mol. The summed E-state index contributed by atoms with van der Waals surface area (Å²) in [5, 5.41) is 4.25. The number of aromatic nitrogens is 1. The number of nitrogens with one attached hydrogen (secondary N) is 1. The number of halogens is 1. The first-order valence-corrected chi connectivity index (χ1v) is 7.36. The summed E-state index contributed by atoms with van der Waals surface area (Å²) in [6, 6.07) is 11.0. The molecule has 104 valence electrons. The summed E-state index contributed by atoms with van der Waals surface area (Å²) in [5.74, 6) is 0.245. The molecule has 1 heterocycles. The van der Waals surface area contributed by atoms with Crippen molar-refractivity contribution in [2.24, 2.45) is 0 Å². The minimum atomic E-state index is -0.0615. The van der Waals surface area contributed by atoms with Gasteiger partial charge in [0.05, 0.1) is 22.7 Å². The molecular formula is C14H14ClN3OS. The van der Waals surface area contributed by atoms with E-state index in [0.717, 1.165) is 10.6 Å². The zero-order valence-corrected chi connectivity index (χ0v) is 12.2. The molecular weight excluding hydrogens is 294 g/mol. The summed E-state index contributed by atoms with van der Waals surface area (Å²) >= 11 is 7.38. The van der Waals surface area contributed by atoms with Gasteiger partial charge in [-0.05, 0) is 23.8 Å². The Bertz CT molecular complexity index is 589. The summed E-state index contributed by atoms with van der Waals surface area (Å²) in [5.41, 5.74) is 7.06. The van der Waals surface area contributed by atoms with Crippen LogP contribution >= 0.6 is 23.4 Å². The lowest BCUT2D eigenvalue weighted by atomic mass is 10.2. The van der Waals surface area contributed by atoms with Crippen molar-refractivity contribution in [3.63, 3.8) is 0 Å². The number of rotatable bonds is 5. The zero-order chi connectivity index (χ0) is 14.4. The van der Waals surface area contributed by atoms with Crippen LogP contribution in [0.4, 0.5) is 5.69 Å². The van der Waals surface area contributed by atoms with Gasteiger partial charge in [0.2, 0.25) is 5.91 Å². The molecule has 3 N–H and O–H groups in total. The molecule has 0 spiro atoms. The summed E-state index contributed by atoms with van der Waals surface area (Å²) in [6.07, 6.45) is 1.57. The van der Waals surface area contributed by atoms with Gasteiger partial charge in [-0.3, -0.25) is 4.79 Å². The number of benzene rings is 1. The minimum absolute atomic E-state index is 0.0615. The summed E-state index contributed by atoms with van der Waals surface area (Å²) in [4.78, 5) is 15.9. The molecule has 20 heavy (non-hydrogen) atoms. The Balaban J connectivity index is 1.78. The summed E-state index contributed by atoms with van der Waals surface area (Å²) in [6.45, 7) is 0.425. The lowest BCUT2D eigenvalue weighted by molar-refractivity contribution is -0.118. The fourth-order valence-electron chi connectivity index (χ4n) is 1.50. The maximum Gasteiger partial charge on any atom is 0.230 e. The molecule has 2 aromatic rings. The number of hydrogen-bond donors (Lipinski definition) is 2. The van der Waals surface area contributed by atoms with Crippen molar-refractivity contribution in [1.29, 1.82) is 0 Å². The molecule has 1 amide bonds. The number of pyridine rings is 1. The molecule has 0 saturated heterocycles. The van der Waals surface area contributed by atoms with E-state index in [-0.39, 0.29) is 5.91 Å². The van der Waals surface area contributed by atoms with E-state index in [9.17, 15) is 4.79 Å². The van der Waals surface area contributed by atoms with Crippen LogP contribution in [0.3, 0.4) is 0 Å². The van der Waals surface area contributed by atoms with Crippen LogP contribution in [0.2, 0.25) is 5.02 Å². The largest absolute Gasteiger partial charge is 0.397 e. The van der Waals surface area contributed by atoms with Gasteiger partial charge in [0.15, 0.2) is 0 Å². The molecule has 6 heteroatoms. The highest BCUT2D eigenvalue weighted by molar-refractivity contribution is 7.99. The number of nitrogens with zero attached hydrogens (tertiary/aromatic N) is 1. The van der Waals surface area contributed by atoms with E-state index in [1.807, 2.05) is 18.2 Å². The lowest BCUT2D eigenvalue weighted by Gasteiger charge is -2.06. The molecule has 1 aromatic carbocycles. The molecule has 0 radical (unpaired) electrons. The van der Waals surface area contributed by atoms with Crippen LogP contribution < -0.4 is 11.1 Å². The Hall–Kier alpha value is -1.72. The number of amides is 1. The third-order valence-electron chi connectivity index (χ3n) is 2.54. The van der Waals surface area contributed by atoms with Crippen molar-refractivity contribution < 1.29 is 4.79 Å². The fraction of sp³-hybridized carbons (Fsp3) is 0.143. The van der Waals surface area contributed by atoms with E-state index in [2.05, 4.69) is 10.3 Å². The first kappa shape index (κ1) is 14.7. The molecule has 0 aliphatic rings. The first-order chi connectivity index (χ1) is 9.65. The number of nitrogen functional groups attached to an aromatic ring is 1. The third-order valence-corrected chi connectivity index (χ3v) is 3.86. The highest BCUT2D eigenvalue weighted by atomic mass is 35.5. The number of thioether (sulfide) groups is 1. The van der Waals surface area contributed by atoms with Crippen molar-refractivity contribution in [3.8, 4) is 0 Å². The lowest BCUT2D eigenvalue weighted by Crippen LogP contribution is -2.24. The van der Waals surface area contributed by atoms with Crippen molar-refractivity contribution >= 4 is 35.0 Å². The molecule has 2 rings (SSSR count). The SMILES string of the molecule is Nc1ccc(SCC(=O)NCc2ccccc2Cl)nc1. The predicted octanol–water partition coefficient (Wildman–Crippen LogP) is 2.73. The highest BCUT2D eigenvalue weighted by Crippen LogP contribution is 2.16. The zero-order valence-electron chi connectivity index (χ0n) is 10.7. The van der Waals surface area contributed by atoms with Crippen LogP contribution in [0.5, 0.6) is 0 Å². The molecule has 4 nitrogen and oxygen atoms in total. The Kier molecular flexibility index (Phi) is 5.26. The van der Waals surface area contributed by atoms with Gasteiger partial charge in [-0.25, -0.2) is 4.98 Å². The second kappa shape index (κ2) is 7.17. The van der Waals surface area contributed by atoms with Crippen LogP contribution in [-0.4, -0.2) is 16.6 Å². The molecule has 0 bridgehead atoms. The van der Waals surface area contributed by atoms with Crippen molar-refractivity contribution in [3.05, 3.63) is 53.2 Å². The number of carbonyl (C=O) groups excluding carboxylic acids is 1. The molecule has 0 aliphatic heterocycles. The van der Waals surface area contributed by atoms with Gasteiger partial charge >= 0.3 is 0 Å². The molecule has 0 unspecified atom stereocenters. The van der Waals surface area contributed by atoms with E-state index in [0.29, 0.717) is 23.0 Å². The normalized spacial score (nSPS) is 10.2. The molecule has 0 fully saturated rings. The van der Waals surface area contributed by atoms with E-state index >= 15 is 0 Å². The Morgan fingerprint density at radius 1 is 1.30 bits per heavy atom. The topological polar surface area (TPSA) is 68.0 Å². The number of hydrogen-bond acceptors (Lipinski definition) is 4. The monoisotopic (exact) mass is 307 g/mol. The van der Waals surface area contributed by atoms with E-state index in [1.54, 1.807) is 24.4 Å². The van der Waals surface area contributed by atoms with Gasteiger partial charge in [-0.2, -0.15) is 0 Å². The Morgan fingerprint density at radius 2 is 2.10 bits per heavy atom. The fourth-order valence-corrected chi connectivity index (χ4v) is 2.38.